The first-order valence-corrected chi connectivity index (χ1v) is 7.90. The lowest BCUT2D eigenvalue weighted by atomic mass is 9.84. The monoisotopic (exact) mass is 329 g/mol. The number of nitrogens with one attached hydrogen (secondary N) is 1. The summed E-state index contributed by atoms with van der Waals surface area (Å²) in [4.78, 5) is 1.61. The standard InChI is InChI=1S/C16H22F3N3O/c1-3-6-23-10-7-11-13-9-21-5-4-15(13,20)22(2)14(11)12(8-10)16(17,18)19/h7-8,13,21H,3-6,9,20H2,1-2H3. The van der Waals surface area contributed by atoms with Crippen molar-refractivity contribution >= 4 is 5.69 Å². The maximum atomic E-state index is 13.6. The van der Waals surface area contributed by atoms with Gasteiger partial charge in [-0.1, -0.05) is 6.92 Å². The molecule has 7 heteroatoms. The molecule has 2 unspecified atom stereocenters. The number of benzene rings is 1. The fraction of sp³-hybridized carbons (Fsp3) is 0.625. The van der Waals surface area contributed by atoms with Crippen LogP contribution in [0.2, 0.25) is 0 Å². The fourth-order valence-corrected chi connectivity index (χ4v) is 3.66. The molecule has 2 aliphatic rings. The Labute approximate surface area is 133 Å². The van der Waals surface area contributed by atoms with Crippen LogP contribution in [-0.4, -0.2) is 32.4 Å². The molecule has 3 rings (SSSR count). The van der Waals surface area contributed by atoms with Crippen LogP contribution in [0.3, 0.4) is 0 Å². The molecule has 2 aliphatic heterocycles. The van der Waals surface area contributed by atoms with Gasteiger partial charge >= 0.3 is 6.18 Å². The topological polar surface area (TPSA) is 50.5 Å². The Bertz CT molecular complexity index is 605. The number of fused-ring (bicyclic) bond motifs is 3. The van der Waals surface area contributed by atoms with Gasteiger partial charge in [0.1, 0.15) is 5.75 Å². The number of rotatable bonds is 3. The number of piperidine rings is 1. The van der Waals surface area contributed by atoms with E-state index in [1.807, 2.05) is 6.92 Å². The molecule has 1 saturated heterocycles. The number of anilines is 1. The number of hydrogen-bond acceptors (Lipinski definition) is 4. The summed E-state index contributed by atoms with van der Waals surface area (Å²) in [5.74, 6) is 0.0867. The van der Waals surface area contributed by atoms with E-state index in [-0.39, 0.29) is 17.4 Å². The van der Waals surface area contributed by atoms with Crippen molar-refractivity contribution in [1.29, 1.82) is 0 Å². The third kappa shape index (κ3) is 2.55. The number of halogens is 3. The molecule has 3 N–H and O–H groups in total. The SMILES string of the molecule is CCCOc1cc2c(c(C(F)(F)F)c1)N(C)C1(N)CCNCC21. The van der Waals surface area contributed by atoms with Crippen molar-refractivity contribution < 1.29 is 17.9 Å². The normalized spacial score (nSPS) is 26.9. The van der Waals surface area contributed by atoms with Crippen LogP contribution in [0, 0.1) is 0 Å². The molecule has 0 aliphatic carbocycles. The van der Waals surface area contributed by atoms with Crippen molar-refractivity contribution in [3.05, 3.63) is 23.3 Å². The van der Waals surface area contributed by atoms with E-state index in [0.29, 0.717) is 31.7 Å². The van der Waals surface area contributed by atoms with E-state index in [0.717, 1.165) is 12.5 Å². The van der Waals surface area contributed by atoms with Crippen molar-refractivity contribution in [2.75, 3.05) is 31.6 Å². The lowest BCUT2D eigenvalue weighted by Gasteiger charge is -2.42. The molecule has 4 nitrogen and oxygen atoms in total. The molecule has 1 aromatic carbocycles. The molecule has 0 spiro atoms. The van der Waals surface area contributed by atoms with Crippen LogP contribution in [0.4, 0.5) is 18.9 Å². The Morgan fingerprint density at radius 1 is 1.43 bits per heavy atom. The zero-order valence-electron chi connectivity index (χ0n) is 13.3. The number of likely N-dealkylation sites (N-methyl/N-ethyl adjacent to an activating group) is 1. The summed E-state index contributed by atoms with van der Waals surface area (Å²) < 4.78 is 46.2. The number of hydrogen-bond donors (Lipinski definition) is 2. The second kappa shape index (κ2) is 5.56. The largest absolute Gasteiger partial charge is 0.494 e. The van der Waals surface area contributed by atoms with Crippen LogP contribution in [0.25, 0.3) is 0 Å². The average Bonchev–Trinajstić information content (AvgIpc) is 2.72. The molecule has 0 aromatic heterocycles. The molecule has 0 amide bonds. The van der Waals surface area contributed by atoms with Crippen molar-refractivity contribution in [1.82, 2.24) is 5.32 Å². The molecule has 2 atom stereocenters. The minimum atomic E-state index is -4.44. The maximum absolute atomic E-state index is 13.6. The highest BCUT2D eigenvalue weighted by atomic mass is 19.4. The van der Waals surface area contributed by atoms with E-state index in [2.05, 4.69) is 5.32 Å². The quantitative estimate of drug-likeness (QED) is 0.895. The summed E-state index contributed by atoms with van der Waals surface area (Å²) in [6, 6.07) is 2.82. The Balaban J connectivity index is 2.15. The van der Waals surface area contributed by atoms with Crippen LogP contribution in [-0.2, 0) is 6.18 Å². The van der Waals surface area contributed by atoms with Gasteiger partial charge in [0.15, 0.2) is 0 Å². The van der Waals surface area contributed by atoms with Crippen LogP contribution in [0.15, 0.2) is 12.1 Å². The first-order valence-electron chi connectivity index (χ1n) is 7.90. The summed E-state index contributed by atoms with van der Waals surface area (Å²) in [6.07, 6.45) is -3.10. The van der Waals surface area contributed by atoms with Gasteiger partial charge < -0.3 is 20.7 Å². The van der Waals surface area contributed by atoms with E-state index in [1.165, 1.54) is 0 Å². The molecule has 1 aromatic rings. The van der Waals surface area contributed by atoms with Crippen molar-refractivity contribution in [2.45, 2.75) is 37.5 Å². The molecule has 128 valence electrons. The van der Waals surface area contributed by atoms with Crippen molar-refractivity contribution in [3.63, 3.8) is 0 Å². The van der Waals surface area contributed by atoms with E-state index >= 15 is 0 Å². The van der Waals surface area contributed by atoms with Gasteiger partial charge in [0.2, 0.25) is 0 Å². The third-order valence-electron chi connectivity index (χ3n) is 4.88. The van der Waals surface area contributed by atoms with Gasteiger partial charge in [-0.15, -0.1) is 0 Å². The summed E-state index contributed by atoms with van der Waals surface area (Å²) in [7, 11) is 1.66. The Kier molecular flexibility index (Phi) is 3.96. The predicted molar refractivity (Wildman–Crippen MR) is 82.8 cm³/mol. The second-order valence-electron chi connectivity index (χ2n) is 6.31. The van der Waals surface area contributed by atoms with E-state index in [4.69, 9.17) is 10.5 Å². The molecule has 0 radical (unpaired) electrons. The minimum Gasteiger partial charge on any atom is -0.494 e. The molecule has 2 heterocycles. The lowest BCUT2D eigenvalue weighted by molar-refractivity contribution is -0.137. The van der Waals surface area contributed by atoms with E-state index in [1.54, 1.807) is 18.0 Å². The van der Waals surface area contributed by atoms with Gasteiger partial charge in [-0.2, -0.15) is 13.2 Å². The van der Waals surface area contributed by atoms with Crippen LogP contribution in [0.5, 0.6) is 5.75 Å². The summed E-state index contributed by atoms with van der Waals surface area (Å²) in [6.45, 7) is 3.58. The zero-order valence-corrected chi connectivity index (χ0v) is 13.3. The highest BCUT2D eigenvalue weighted by Crippen LogP contribution is 2.53. The fourth-order valence-electron chi connectivity index (χ4n) is 3.66. The van der Waals surface area contributed by atoms with Crippen LogP contribution >= 0.6 is 0 Å². The summed E-state index contributed by atoms with van der Waals surface area (Å²) >= 11 is 0. The third-order valence-corrected chi connectivity index (χ3v) is 4.88. The van der Waals surface area contributed by atoms with Gasteiger partial charge in [0.05, 0.1) is 23.5 Å². The number of nitrogens with two attached hydrogens (primary N) is 1. The summed E-state index contributed by atoms with van der Waals surface area (Å²) in [5, 5.41) is 3.23. The van der Waals surface area contributed by atoms with Gasteiger partial charge in [0.25, 0.3) is 0 Å². The Hall–Kier alpha value is -1.47. The molecule has 0 saturated carbocycles. The maximum Gasteiger partial charge on any atom is 0.418 e. The highest BCUT2D eigenvalue weighted by Gasteiger charge is 2.52. The molecular weight excluding hydrogens is 307 g/mol. The predicted octanol–water partition coefficient (Wildman–Crippen LogP) is 2.68. The first kappa shape index (κ1) is 16.4. The lowest BCUT2D eigenvalue weighted by Crippen LogP contribution is -2.61. The van der Waals surface area contributed by atoms with Crippen LogP contribution < -0.4 is 20.7 Å². The van der Waals surface area contributed by atoms with Gasteiger partial charge in [-0.3, -0.25) is 0 Å². The van der Waals surface area contributed by atoms with Crippen molar-refractivity contribution in [2.24, 2.45) is 5.73 Å². The van der Waals surface area contributed by atoms with Crippen molar-refractivity contribution in [3.8, 4) is 5.75 Å². The molecular formula is C16H22F3N3O. The van der Waals surface area contributed by atoms with E-state index < -0.39 is 17.4 Å². The van der Waals surface area contributed by atoms with E-state index in [9.17, 15) is 13.2 Å². The molecule has 0 bridgehead atoms. The second-order valence-corrected chi connectivity index (χ2v) is 6.31. The highest BCUT2D eigenvalue weighted by molar-refractivity contribution is 5.71. The molecule has 1 fully saturated rings. The number of alkyl halides is 3. The smallest absolute Gasteiger partial charge is 0.418 e. The van der Waals surface area contributed by atoms with Gasteiger partial charge in [-0.25, -0.2) is 0 Å². The molecule has 23 heavy (non-hydrogen) atoms. The zero-order chi connectivity index (χ0) is 16.8. The van der Waals surface area contributed by atoms with Crippen LogP contribution in [0.1, 0.15) is 36.8 Å². The Morgan fingerprint density at radius 3 is 2.83 bits per heavy atom. The Morgan fingerprint density at radius 2 is 2.17 bits per heavy atom. The number of nitrogens with zero attached hydrogens (tertiary/aromatic N) is 1. The minimum absolute atomic E-state index is 0.178. The van der Waals surface area contributed by atoms with Gasteiger partial charge in [-0.05, 0) is 37.1 Å². The number of ether oxygens (including phenoxy) is 1. The van der Waals surface area contributed by atoms with Gasteiger partial charge in [0, 0.05) is 19.5 Å². The average molecular weight is 329 g/mol. The first-order chi connectivity index (χ1) is 10.8. The summed E-state index contributed by atoms with van der Waals surface area (Å²) in [5.41, 5.74) is 5.87.